The number of hydrogen-bond donors (Lipinski definition) is 2. The first-order chi connectivity index (χ1) is 12.2. The Labute approximate surface area is 143 Å². The highest BCUT2D eigenvalue weighted by molar-refractivity contribution is 5.70. The molecule has 4 aromatic rings. The van der Waals surface area contributed by atoms with Gasteiger partial charge in [-0.25, -0.2) is 9.67 Å². The van der Waals surface area contributed by atoms with E-state index in [0.717, 1.165) is 11.4 Å². The average Bonchev–Trinajstić information content (AvgIpc) is 3.11. The van der Waals surface area contributed by atoms with E-state index in [-0.39, 0.29) is 11.5 Å². The quantitative estimate of drug-likeness (QED) is 0.562. The fourth-order valence-electron chi connectivity index (χ4n) is 2.56. The molecule has 0 aliphatic rings. The van der Waals surface area contributed by atoms with Crippen LogP contribution in [0.4, 0.5) is 0 Å². The van der Waals surface area contributed by atoms with E-state index in [1.807, 2.05) is 42.5 Å². The summed E-state index contributed by atoms with van der Waals surface area (Å²) in [7, 11) is 0. The molecule has 0 bridgehead atoms. The number of hydrogen-bond acceptors (Lipinski definition) is 5. The van der Waals surface area contributed by atoms with Crippen LogP contribution in [-0.2, 0) is 0 Å². The van der Waals surface area contributed by atoms with Gasteiger partial charge < -0.3 is 10.2 Å². The summed E-state index contributed by atoms with van der Waals surface area (Å²) >= 11 is 0. The zero-order valence-corrected chi connectivity index (χ0v) is 13.1. The molecular formula is C19H14N4O2. The molecule has 122 valence electrons. The molecule has 0 aliphatic heterocycles. The Bertz CT molecular complexity index is 1010. The van der Waals surface area contributed by atoms with E-state index in [2.05, 4.69) is 15.1 Å². The van der Waals surface area contributed by atoms with E-state index < -0.39 is 0 Å². The topological polar surface area (TPSA) is 84.1 Å². The second-order valence-corrected chi connectivity index (χ2v) is 5.43. The van der Waals surface area contributed by atoms with Crippen molar-refractivity contribution in [3.63, 3.8) is 0 Å². The molecule has 0 amide bonds. The Balaban J connectivity index is 1.92. The lowest BCUT2D eigenvalue weighted by molar-refractivity contribution is 0.404. The highest BCUT2D eigenvalue weighted by Gasteiger charge is 2.15. The molecule has 3 aromatic heterocycles. The van der Waals surface area contributed by atoms with E-state index in [9.17, 15) is 10.2 Å². The van der Waals surface area contributed by atoms with Gasteiger partial charge in [0, 0.05) is 18.0 Å². The van der Waals surface area contributed by atoms with Crippen LogP contribution in [0.2, 0.25) is 0 Å². The minimum Gasteiger partial charge on any atom is -0.504 e. The van der Waals surface area contributed by atoms with Crippen LogP contribution in [0.1, 0.15) is 0 Å². The highest BCUT2D eigenvalue weighted by atomic mass is 16.3. The van der Waals surface area contributed by atoms with Crippen LogP contribution in [0.3, 0.4) is 0 Å². The molecule has 1 aromatic carbocycles. The van der Waals surface area contributed by atoms with Gasteiger partial charge in [0.05, 0.1) is 11.4 Å². The van der Waals surface area contributed by atoms with Gasteiger partial charge in [-0.2, -0.15) is 5.10 Å². The summed E-state index contributed by atoms with van der Waals surface area (Å²) in [6, 6.07) is 17.7. The zero-order chi connectivity index (χ0) is 17.2. The summed E-state index contributed by atoms with van der Waals surface area (Å²) in [4.78, 5) is 8.69. The van der Waals surface area contributed by atoms with Crippen molar-refractivity contribution in [2.45, 2.75) is 0 Å². The molecular weight excluding hydrogens is 316 g/mol. The van der Waals surface area contributed by atoms with Gasteiger partial charge in [0.1, 0.15) is 5.69 Å². The summed E-state index contributed by atoms with van der Waals surface area (Å²) < 4.78 is 1.69. The van der Waals surface area contributed by atoms with Crippen LogP contribution >= 0.6 is 0 Å². The van der Waals surface area contributed by atoms with Crippen LogP contribution < -0.4 is 0 Å². The van der Waals surface area contributed by atoms with Crippen molar-refractivity contribution in [2.24, 2.45) is 0 Å². The number of pyridine rings is 2. The first kappa shape index (κ1) is 14.9. The molecule has 0 fully saturated rings. The van der Waals surface area contributed by atoms with E-state index >= 15 is 0 Å². The lowest BCUT2D eigenvalue weighted by Gasteiger charge is -2.07. The minimum absolute atomic E-state index is 0.169. The van der Waals surface area contributed by atoms with Crippen LogP contribution in [0.5, 0.6) is 11.5 Å². The highest BCUT2D eigenvalue weighted by Crippen LogP contribution is 2.33. The lowest BCUT2D eigenvalue weighted by Crippen LogP contribution is -2.01. The van der Waals surface area contributed by atoms with Gasteiger partial charge in [0.2, 0.25) is 0 Å². The van der Waals surface area contributed by atoms with E-state index in [1.165, 1.54) is 12.1 Å². The van der Waals surface area contributed by atoms with Gasteiger partial charge in [0.15, 0.2) is 17.3 Å². The van der Waals surface area contributed by atoms with Gasteiger partial charge in [-0.05, 0) is 48.5 Å². The first-order valence-corrected chi connectivity index (χ1v) is 7.67. The van der Waals surface area contributed by atoms with E-state index in [4.69, 9.17) is 0 Å². The van der Waals surface area contributed by atoms with Gasteiger partial charge in [-0.3, -0.25) is 4.98 Å². The van der Waals surface area contributed by atoms with Crippen molar-refractivity contribution >= 4 is 0 Å². The molecule has 25 heavy (non-hydrogen) atoms. The standard InChI is InChI=1S/C19H14N4O2/c24-17-8-7-13(11-18(17)25)16-12-15(14-5-1-3-9-20-14)22-23(16)19-6-2-4-10-21-19/h1-12,24-25H. The van der Waals surface area contributed by atoms with Crippen LogP contribution in [-0.4, -0.2) is 30.0 Å². The molecule has 0 spiro atoms. The number of benzene rings is 1. The summed E-state index contributed by atoms with van der Waals surface area (Å²) in [5.74, 6) is 0.288. The van der Waals surface area contributed by atoms with E-state index in [1.54, 1.807) is 23.1 Å². The van der Waals surface area contributed by atoms with Crippen LogP contribution in [0.25, 0.3) is 28.5 Å². The van der Waals surface area contributed by atoms with Gasteiger partial charge in [-0.15, -0.1) is 0 Å². The SMILES string of the molecule is Oc1ccc(-c2cc(-c3ccccn3)nn2-c2ccccn2)cc1O. The average molecular weight is 330 g/mol. The number of phenolic OH excluding ortho intramolecular Hbond substituents is 2. The maximum Gasteiger partial charge on any atom is 0.158 e. The monoisotopic (exact) mass is 330 g/mol. The van der Waals surface area contributed by atoms with Gasteiger partial charge in [0.25, 0.3) is 0 Å². The molecule has 0 atom stereocenters. The lowest BCUT2D eigenvalue weighted by atomic mass is 10.1. The smallest absolute Gasteiger partial charge is 0.158 e. The molecule has 0 unspecified atom stereocenters. The van der Waals surface area contributed by atoms with E-state index in [0.29, 0.717) is 17.1 Å². The van der Waals surface area contributed by atoms with Crippen molar-refractivity contribution in [3.8, 4) is 40.0 Å². The largest absolute Gasteiger partial charge is 0.504 e. The fourth-order valence-corrected chi connectivity index (χ4v) is 2.56. The summed E-state index contributed by atoms with van der Waals surface area (Å²) in [6.45, 7) is 0. The van der Waals surface area contributed by atoms with Crippen molar-refractivity contribution in [3.05, 3.63) is 73.1 Å². The van der Waals surface area contributed by atoms with Crippen LogP contribution in [0, 0.1) is 0 Å². The van der Waals surface area contributed by atoms with Crippen molar-refractivity contribution in [2.75, 3.05) is 0 Å². The normalized spacial score (nSPS) is 10.7. The molecule has 0 aliphatic carbocycles. The van der Waals surface area contributed by atoms with Crippen molar-refractivity contribution < 1.29 is 10.2 Å². The van der Waals surface area contributed by atoms with Crippen molar-refractivity contribution in [1.82, 2.24) is 19.7 Å². The fraction of sp³-hybridized carbons (Fsp3) is 0. The third kappa shape index (κ3) is 2.81. The predicted molar refractivity (Wildman–Crippen MR) is 93.4 cm³/mol. The van der Waals surface area contributed by atoms with Gasteiger partial charge in [-0.1, -0.05) is 12.1 Å². The Morgan fingerprint density at radius 1 is 0.720 bits per heavy atom. The van der Waals surface area contributed by atoms with Gasteiger partial charge >= 0.3 is 0 Å². The Morgan fingerprint density at radius 2 is 1.52 bits per heavy atom. The number of nitrogens with zero attached hydrogens (tertiary/aromatic N) is 4. The maximum absolute atomic E-state index is 9.84. The molecule has 6 heteroatoms. The molecule has 4 rings (SSSR count). The number of aromatic hydroxyl groups is 2. The Hall–Kier alpha value is -3.67. The third-order valence-electron chi connectivity index (χ3n) is 3.77. The summed E-state index contributed by atoms with van der Waals surface area (Å²) in [6.07, 6.45) is 3.40. The number of phenols is 2. The summed E-state index contributed by atoms with van der Waals surface area (Å²) in [5, 5.41) is 24.0. The molecule has 0 saturated heterocycles. The third-order valence-corrected chi connectivity index (χ3v) is 3.77. The second kappa shape index (κ2) is 6.09. The number of aromatic nitrogens is 4. The summed E-state index contributed by atoms with van der Waals surface area (Å²) in [5.41, 5.74) is 2.86. The van der Waals surface area contributed by atoms with Crippen LogP contribution in [0.15, 0.2) is 73.1 Å². The molecule has 6 nitrogen and oxygen atoms in total. The molecule has 0 saturated carbocycles. The zero-order valence-electron chi connectivity index (χ0n) is 13.1. The molecule has 2 N–H and O–H groups in total. The second-order valence-electron chi connectivity index (χ2n) is 5.43. The molecule has 3 heterocycles. The Kier molecular flexibility index (Phi) is 3.63. The molecule has 0 radical (unpaired) electrons. The predicted octanol–water partition coefficient (Wildman–Crippen LogP) is 3.41. The minimum atomic E-state index is -0.189. The maximum atomic E-state index is 9.84. The number of rotatable bonds is 3. The van der Waals surface area contributed by atoms with Crippen molar-refractivity contribution in [1.29, 1.82) is 0 Å². The Morgan fingerprint density at radius 3 is 2.20 bits per heavy atom. The first-order valence-electron chi connectivity index (χ1n) is 7.67.